The number of carbonyl (C=O) groups excluding carboxylic acids is 2. The van der Waals surface area contributed by atoms with Crippen LogP contribution in [0.15, 0.2) is 23.1 Å². The van der Waals surface area contributed by atoms with Gasteiger partial charge in [0.2, 0.25) is 15.9 Å². The lowest BCUT2D eigenvalue weighted by Crippen LogP contribution is -2.47. The first-order valence-corrected chi connectivity index (χ1v) is 12.9. The van der Waals surface area contributed by atoms with Crippen LogP contribution in [0.1, 0.15) is 36.0 Å². The number of hydrogen-bond acceptors (Lipinski definition) is 7. The van der Waals surface area contributed by atoms with Gasteiger partial charge in [-0.05, 0) is 43.9 Å². The van der Waals surface area contributed by atoms with Gasteiger partial charge in [0, 0.05) is 43.8 Å². The second-order valence-corrected chi connectivity index (χ2v) is 10.7. The maximum absolute atomic E-state index is 13.1. The van der Waals surface area contributed by atoms with Crippen LogP contribution in [0, 0.1) is 0 Å². The molecular formula is C22H32N4O6S. The molecule has 2 N–H and O–H groups in total. The van der Waals surface area contributed by atoms with E-state index in [0.29, 0.717) is 25.8 Å². The quantitative estimate of drug-likeness (QED) is 0.545. The number of nitrogens with zero attached hydrogens (tertiary/aromatic N) is 2. The number of carbonyl (C=O) groups is 2. The molecule has 0 aromatic heterocycles. The molecule has 2 saturated heterocycles. The van der Waals surface area contributed by atoms with Gasteiger partial charge >= 0.3 is 0 Å². The van der Waals surface area contributed by atoms with Crippen molar-refractivity contribution in [2.24, 2.45) is 0 Å². The minimum Gasteiger partial charge on any atom is -0.495 e. The van der Waals surface area contributed by atoms with Gasteiger partial charge in [-0.1, -0.05) is 0 Å². The molecule has 3 fully saturated rings. The van der Waals surface area contributed by atoms with Crippen molar-refractivity contribution in [1.29, 1.82) is 0 Å². The third-order valence-corrected chi connectivity index (χ3v) is 8.17. The van der Waals surface area contributed by atoms with E-state index in [1.807, 2.05) is 0 Å². The second-order valence-electron chi connectivity index (χ2n) is 8.75. The molecule has 2 heterocycles. The number of rotatable bonds is 8. The Morgan fingerprint density at radius 1 is 1.03 bits per heavy atom. The maximum atomic E-state index is 13.1. The van der Waals surface area contributed by atoms with Crippen molar-refractivity contribution in [3.63, 3.8) is 0 Å². The van der Waals surface area contributed by atoms with Crippen LogP contribution in [0.5, 0.6) is 5.75 Å². The van der Waals surface area contributed by atoms with Crippen molar-refractivity contribution in [1.82, 2.24) is 19.8 Å². The highest BCUT2D eigenvalue weighted by atomic mass is 32.2. The predicted octanol–water partition coefficient (Wildman–Crippen LogP) is 0.189. The summed E-state index contributed by atoms with van der Waals surface area (Å²) in [7, 11) is -2.40. The van der Waals surface area contributed by atoms with Gasteiger partial charge in [-0.15, -0.1) is 0 Å². The van der Waals surface area contributed by atoms with Gasteiger partial charge in [0.15, 0.2) is 0 Å². The Morgan fingerprint density at radius 3 is 2.33 bits per heavy atom. The van der Waals surface area contributed by atoms with Crippen LogP contribution in [0.4, 0.5) is 0 Å². The van der Waals surface area contributed by atoms with Crippen molar-refractivity contribution in [3.05, 3.63) is 23.8 Å². The van der Waals surface area contributed by atoms with Crippen LogP contribution >= 0.6 is 0 Å². The Bertz CT molecular complexity index is 967. The molecule has 182 valence electrons. The monoisotopic (exact) mass is 480 g/mol. The van der Waals surface area contributed by atoms with Crippen LogP contribution in [-0.4, -0.2) is 94.6 Å². The van der Waals surface area contributed by atoms with E-state index in [9.17, 15) is 18.0 Å². The molecular weight excluding hydrogens is 448 g/mol. The molecule has 4 rings (SSSR count). The number of hydrogen-bond donors (Lipinski definition) is 2. The summed E-state index contributed by atoms with van der Waals surface area (Å²) in [5.41, 5.74) is 0.272. The fraction of sp³-hybridized carbons (Fsp3) is 0.636. The van der Waals surface area contributed by atoms with Crippen LogP contribution in [0.25, 0.3) is 0 Å². The van der Waals surface area contributed by atoms with E-state index in [2.05, 4.69) is 15.5 Å². The summed E-state index contributed by atoms with van der Waals surface area (Å²) in [4.78, 5) is 27.0. The highest BCUT2D eigenvalue weighted by Gasteiger charge is 2.31. The molecule has 3 aliphatic rings. The van der Waals surface area contributed by atoms with Crippen molar-refractivity contribution in [2.75, 3.05) is 53.0 Å². The van der Waals surface area contributed by atoms with E-state index >= 15 is 0 Å². The predicted molar refractivity (Wildman–Crippen MR) is 121 cm³/mol. The molecule has 11 heteroatoms. The largest absolute Gasteiger partial charge is 0.495 e. The topological polar surface area (TPSA) is 117 Å². The van der Waals surface area contributed by atoms with Crippen molar-refractivity contribution in [2.45, 2.75) is 42.7 Å². The molecule has 1 aromatic carbocycles. The third kappa shape index (κ3) is 6.03. The number of nitrogens with one attached hydrogen (secondary N) is 2. The minimum atomic E-state index is -3.81. The number of methoxy groups -OCH3 is 1. The zero-order valence-electron chi connectivity index (χ0n) is 18.9. The summed E-state index contributed by atoms with van der Waals surface area (Å²) >= 11 is 0. The molecule has 0 spiro atoms. The normalized spacial score (nSPS) is 20.9. The Kier molecular flexibility index (Phi) is 7.52. The van der Waals surface area contributed by atoms with Gasteiger partial charge in [-0.3, -0.25) is 14.5 Å². The van der Waals surface area contributed by atoms with Gasteiger partial charge in [0.1, 0.15) is 10.6 Å². The van der Waals surface area contributed by atoms with Crippen molar-refractivity contribution < 1.29 is 27.5 Å². The minimum absolute atomic E-state index is 0.0176. The summed E-state index contributed by atoms with van der Waals surface area (Å²) in [5, 5.41) is 6.01. The Balaban J connectivity index is 1.36. The lowest BCUT2D eigenvalue weighted by Gasteiger charge is -2.32. The average Bonchev–Trinajstić information content (AvgIpc) is 3.64. The van der Waals surface area contributed by atoms with E-state index in [0.717, 1.165) is 38.8 Å². The zero-order chi connectivity index (χ0) is 23.4. The summed E-state index contributed by atoms with van der Waals surface area (Å²) in [6.45, 7) is 3.03. The van der Waals surface area contributed by atoms with Gasteiger partial charge in [0.05, 0.1) is 26.9 Å². The maximum Gasteiger partial charge on any atom is 0.251 e. The van der Waals surface area contributed by atoms with E-state index in [4.69, 9.17) is 9.47 Å². The lowest BCUT2D eigenvalue weighted by atomic mass is 10.0. The number of amides is 2. The molecule has 10 nitrogen and oxygen atoms in total. The number of benzene rings is 1. The van der Waals surface area contributed by atoms with E-state index < -0.39 is 10.0 Å². The number of likely N-dealkylation sites (tertiary alicyclic amines) is 1. The number of piperidine rings is 1. The fourth-order valence-electron chi connectivity index (χ4n) is 4.15. The Morgan fingerprint density at radius 2 is 1.70 bits per heavy atom. The molecule has 1 aliphatic carbocycles. The molecule has 0 radical (unpaired) electrons. The molecule has 0 bridgehead atoms. The van der Waals surface area contributed by atoms with Crippen LogP contribution in [0.2, 0.25) is 0 Å². The Hall–Kier alpha value is -2.21. The standard InChI is InChI=1S/C22H32N4O6S/c1-31-19-5-2-16(14-20(19)33(29,30)26-10-12-32-13-11-26)22(28)24-18-6-8-25(9-7-18)15-21(27)23-17-3-4-17/h2,5,14,17-18H,3-4,6-13,15H2,1H3,(H,23,27)(H,24,28). The van der Waals surface area contributed by atoms with Crippen molar-refractivity contribution >= 4 is 21.8 Å². The van der Waals surface area contributed by atoms with Gasteiger partial charge in [0.25, 0.3) is 5.91 Å². The molecule has 1 saturated carbocycles. The van der Waals surface area contributed by atoms with Crippen LogP contribution in [-0.2, 0) is 19.6 Å². The van der Waals surface area contributed by atoms with Crippen molar-refractivity contribution in [3.8, 4) is 5.75 Å². The first-order chi connectivity index (χ1) is 15.9. The first kappa shape index (κ1) is 23.9. The van der Waals surface area contributed by atoms with E-state index in [1.165, 1.54) is 23.5 Å². The third-order valence-electron chi connectivity index (χ3n) is 6.25. The second kappa shape index (κ2) is 10.4. The van der Waals surface area contributed by atoms with Gasteiger partial charge in [-0.25, -0.2) is 8.42 Å². The number of sulfonamides is 1. The summed E-state index contributed by atoms with van der Waals surface area (Å²) in [6.07, 6.45) is 3.61. The van der Waals surface area contributed by atoms with E-state index in [1.54, 1.807) is 6.07 Å². The molecule has 2 amide bonds. The molecule has 0 unspecified atom stereocenters. The average molecular weight is 481 g/mol. The molecule has 33 heavy (non-hydrogen) atoms. The lowest BCUT2D eigenvalue weighted by molar-refractivity contribution is -0.122. The molecule has 0 atom stereocenters. The first-order valence-electron chi connectivity index (χ1n) is 11.5. The van der Waals surface area contributed by atoms with Crippen LogP contribution in [0.3, 0.4) is 0 Å². The fourth-order valence-corrected chi connectivity index (χ4v) is 5.74. The number of ether oxygens (including phenoxy) is 2. The summed E-state index contributed by atoms with van der Waals surface area (Å²) in [5.74, 6) is -0.0518. The SMILES string of the molecule is COc1ccc(C(=O)NC2CCN(CC(=O)NC3CC3)CC2)cc1S(=O)(=O)N1CCOCC1. The summed E-state index contributed by atoms with van der Waals surface area (Å²) < 4.78 is 38.2. The number of morpholine rings is 1. The van der Waals surface area contributed by atoms with Gasteiger partial charge in [-0.2, -0.15) is 4.31 Å². The van der Waals surface area contributed by atoms with Gasteiger partial charge < -0.3 is 20.1 Å². The zero-order valence-corrected chi connectivity index (χ0v) is 19.7. The molecule has 1 aromatic rings. The highest BCUT2D eigenvalue weighted by Crippen LogP contribution is 2.28. The molecule has 2 aliphatic heterocycles. The highest BCUT2D eigenvalue weighted by molar-refractivity contribution is 7.89. The Labute approximate surface area is 194 Å². The van der Waals surface area contributed by atoms with Crippen LogP contribution < -0.4 is 15.4 Å². The van der Waals surface area contributed by atoms with E-state index in [-0.39, 0.29) is 47.2 Å². The smallest absolute Gasteiger partial charge is 0.251 e. The summed E-state index contributed by atoms with van der Waals surface area (Å²) in [6, 6.07) is 4.81.